The maximum atomic E-state index is 13.6. The van der Waals surface area contributed by atoms with Gasteiger partial charge >= 0.3 is 12.4 Å². The summed E-state index contributed by atoms with van der Waals surface area (Å²) < 4.78 is 80.9. The number of carbonyl (C=O) groups excluding carboxylic acids is 2. The number of piperidine rings is 2. The van der Waals surface area contributed by atoms with Crippen molar-refractivity contribution in [2.24, 2.45) is 0 Å². The van der Waals surface area contributed by atoms with Crippen LogP contribution >= 0.6 is 0 Å². The molecule has 3 fully saturated rings. The molecule has 0 aromatic heterocycles. The third kappa shape index (κ3) is 7.08. The van der Waals surface area contributed by atoms with E-state index in [9.17, 15) is 35.9 Å². The molecule has 2 atom stereocenters. The molecule has 2 aromatic rings. The summed E-state index contributed by atoms with van der Waals surface area (Å²) in [5.74, 6) is -1.78. The van der Waals surface area contributed by atoms with Crippen molar-refractivity contribution in [1.82, 2.24) is 15.1 Å². The minimum Gasteiger partial charge on any atom is -0.346 e. The Balaban J connectivity index is 1.32. The molecule has 2 aliphatic heterocycles. The van der Waals surface area contributed by atoms with E-state index in [2.05, 4.69) is 10.2 Å². The van der Waals surface area contributed by atoms with Crippen LogP contribution in [0.5, 0.6) is 0 Å². The molecule has 11 heteroatoms. The number of hydrogen-bond acceptors (Lipinski definition) is 3. The van der Waals surface area contributed by atoms with Crippen LogP contribution in [0, 0.1) is 0 Å². The standard InChI is InChI=1S/C33H39F6N3O2/c1-22(23-18-25(32(34,35)36)20-26(19-23)33(37,38)39)30(44)40-31(24-8-4-2-5-9-24)13-10-27(11-14-31)42-17-12-28(21-29(42)43)41-15-6-3-7-16-41/h2,4-5,8-9,18-20,22,27-28H,3,6-7,10-17,21H2,1H3,(H,40,44). The summed E-state index contributed by atoms with van der Waals surface area (Å²) in [5.41, 5.74) is -3.31. The lowest BCUT2D eigenvalue weighted by atomic mass is 9.73. The number of amides is 2. The smallest absolute Gasteiger partial charge is 0.346 e. The zero-order chi connectivity index (χ0) is 31.7. The Labute approximate surface area is 254 Å². The third-order valence-corrected chi connectivity index (χ3v) is 9.78. The van der Waals surface area contributed by atoms with E-state index in [1.165, 1.54) is 26.2 Å². The van der Waals surface area contributed by atoms with Crippen LogP contribution in [-0.4, -0.2) is 53.3 Å². The number of likely N-dealkylation sites (tertiary alicyclic amines) is 2. The second-order valence-electron chi connectivity index (χ2n) is 12.6. The Morgan fingerprint density at radius 2 is 1.43 bits per heavy atom. The van der Waals surface area contributed by atoms with E-state index in [1.54, 1.807) is 0 Å². The average Bonchev–Trinajstić information content (AvgIpc) is 3.01. The van der Waals surface area contributed by atoms with Gasteiger partial charge in [-0.2, -0.15) is 26.3 Å². The van der Waals surface area contributed by atoms with Gasteiger partial charge in [-0.3, -0.25) is 14.5 Å². The van der Waals surface area contributed by atoms with Crippen molar-refractivity contribution >= 4 is 11.8 Å². The Morgan fingerprint density at radius 3 is 1.98 bits per heavy atom. The zero-order valence-corrected chi connectivity index (χ0v) is 24.8. The highest BCUT2D eigenvalue weighted by Gasteiger charge is 2.43. The maximum Gasteiger partial charge on any atom is 0.416 e. The predicted molar refractivity (Wildman–Crippen MR) is 154 cm³/mol. The van der Waals surface area contributed by atoms with Crippen molar-refractivity contribution in [2.75, 3.05) is 19.6 Å². The average molecular weight is 624 g/mol. The molecule has 0 spiro atoms. The van der Waals surface area contributed by atoms with Crippen LogP contribution < -0.4 is 5.32 Å². The molecule has 1 saturated carbocycles. The summed E-state index contributed by atoms with van der Waals surface area (Å²) in [7, 11) is 0. The van der Waals surface area contributed by atoms with Crippen LogP contribution in [0.15, 0.2) is 48.5 Å². The zero-order valence-electron chi connectivity index (χ0n) is 24.8. The second kappa shape index (κ2) is 12.7. The minimum absolute atomic E-state index is 0.00813. The van der Waals surface area contributed by atoms with Crippen LogP contribution in [-0.2, 0) is 27.5 Å². The number of nitrogens with one attached hydrogen (secondary N) is 1. The SMILES string of the molecule is CC(C(=O)NC1(c2ccccc2)CCC(N2CCC(N3CCCCC3)CC2=O)CC1)c1cc(C(F)(F)F)cc(C(F)(F)F)c1. The second-order valence-corrected chi connectivity index (χ2v) is 12.6. The van der Waals surface area contributed by atoms with Gasteiger partial charge in [0.1, 0.15) is 0 Å². The van der Waals surface area contributed by atoms with Crippen molar-refractivity contribution < 1.29 is 35.9 Å². The van der Waals surface area contributed by atoms with Crippen LogP contribution in [0.3, 0.4) is 0 Å². The van der Waals surface area contributed by atoms with Crippen LogP contribution in [0.25, 0.3) is 0 Å². The van der Waals surface area contributed by atoms with Gasteiger partial charge in [-0.1, -0.05) is 36.8 Å². The summed E-state index contributed by atoms with van der Waals surface area (Å²) in [6.07, 6.45) is -2.81. The highest BCUT2D eigenvalue weighted by Crippen LogP contribution is 2.42. The monoisotopic (exact) mass is 623 g/mol. The van der Waals surface area contributed by atoms with E-state index in [0.29, 0.717) is 50.8 Å². The number of rotatable bonds is 6. The van der Waals surface area contributed by atoms with E-state index in [0.717, 1.165) is 25.1 Å². The summed E-state index contributed by atoms with van der Waals surface area (Å²) in [6, 6.07) is 10.8. The first-order valence-corrected chi connectivity index (χ1v) is 15.5. The first-order valence-electron chi connectivity index (χ1n) is 15.5. The van der Waals surface area contributed by atoms with E-state index >= 15 is 0 Å². The molecule has 2 aromatic carbocycles. The molecule has 240 valence electrons. The molecule has 2 saturated heterocycles. The van der Waals surface area contributed by atoms with Gasteiger partial charge in [0.05, 0.1) is 22.6 Å². The number of hydrogen-bond donors (Lipinski definition) is 1. The maximum absolute atomic E-state index is 13.6. The first kappa shape index (κ1) is 32.3. The number of nitrogens with zero attached hydrogens (tertiary/aromatic N) is 2. The van der Waals surface area contributed by atoms with Gasteiger partial charge in [0.25, 0.3) is 0 Å². The normalized spacial score (nSPS) is 26.3. The molecular formula is C33H39F6N3O2. The Morgan fingerprint density at radius 1 is 0.841 bits per heavy atom. The molecule has 1 N–H and O–H groups in total. The van der Waals surface area contributed by atoms with Gasteiger partial charge in [0, 0.05) is 25.0 Å². The molecule has 2 amide bonds. The molecule has 0 radical (unpaired) electrons. The molecular weight excluding hydrogens is 584 g/mol. The lowest BCUT2D eigenvalue weighted by Gasteiger charge is -2.47. The lowest BCUT2D eigenvalue weighted by molar-refractivity contribution is -0.143. The van der Waals surface area contributed by atoms with Gasteiger partial charge in [-0.25, -0.2) is 0 Å². The van der Waals surface area contributed by atoms with Gasteiger partial charge in [-0.15, -0.1) is 0 Å². The van der Waals surface area contributed by atoms with E-state index < -0.39 is 40.8 Å². The topological polar surface area (TPSA) is 52.7 Å². The number of carbonyl (C=O) groups is 2. The van der Waals surface area contributed by atoms with Crippen LogP contribution in [0.4, 0.5) is 26.3 Å². The highest BCUT2D eigenvalue weighted by molar-refractivity contribution is 5.84. The van der Waals surface area contributed by atoms with E-state index in [4.69, 9.17) is 0 Å². The summed E-state index contributed by atoms with van der Waals surface area (Å²) >= 11 is 0. The summed E-state index contributed by atoms with van der Waals surface area (Å²) in [4.78, 5) is 31.3. The molecule has 2 heterocycles. The first-order chi connectivity index (χ1) is 20.8. The van der Waals surface area contributed by atoms with Gasteiger partial charge in [-0.05, 0) is 94.3 Å². The van der Waals surface area contributed by atoms with Crippen LogP contribution in [0.2, 0.25) is 0 Å². The molecule has 0 bridgehead atoms. The molecule has 5 rings (SSSR count). The number of halogens is 6. The largest absolute Gasteiger partial charge is 0.416 e. The van der Waals surface area contributed by atoms with E-state index in [-0.39, 0.29) is 29.6 Å². The van der Waals surface area contributed by atoms with Gasteiger partial charge in [0.2, 0.25) is 11.8 Å². The quantitative estimate of drug-likeness (QED) is 0.345. The minimum atomic E-state index is -5.00. The Hall–Kier alpha value is -3.08. The van der Waals surface area contributed by atoms with Crippen LogP contribution in [0.1, 0.15) is 92.9 Å². The Bertz CT molecular complexity index is 1280. The predicted octanol–water partition coefficient (Wildman–Crippen LogP) is 7.26. The molecule has 1 aliphatic carbocycles. The fraction of sp³-hybridized carbons (Fsp3) is 0.576. The fourth-order valence-electron chi connectivity index (χ4n) is 7.19. The third-order valence-electron chi connectivity index (χ3n) is 9.78. The van der Waals surface area contributed by atoms with E-state index in [1.807, 2.05) is 35.2 Å². The van der Waals surface area contributed by atoms with Crippen molar-refractivity contribution in [3.8, 4) is 0 Å². The Kier molecular flexibility index (Phi) is 9.35. The van der Waals surface area contributed by atoms with Crippen molar-refractivity contribution in [3.63, 3.8) is 0 Å². The van der Waals surface area contributed by atoms with Gasteiger partial charge < -0.3 is 10.2 Å². The molecule has 2 unspecified atom stereocenters. The summed E-state index contributed by atoms with van der Waals surface area (Å²) in [6.45, 7) is 4.08. The highest BCUT2D eigenvalue weighted by atomic mass is 19.4. The van der Waals surface area contributed by atoms with Crippen molar-refractivity contribution in [3.05, 3.63) is 70.8 Å². The fourth-order valence-corrected chi connectivity index (χ4v) is 7.19. The van der Waals surface area contributed by atoms with Gasteiger partial charge in [0.15, 0.2) is 0 Å². The summed E-state index contributed by atoms with van der Waals surface area (Å²) in [5, 5.41) is 3.04. The lowest BCUT2D eigenvalue weighted by Crippen LogP contribution is -2.56. The molecule has 5 nitrogen and oxygen atoms in total. The van der Waals surface area contributed by atoms with Crippen molar-refractivity contribution in [1.29, 1.82) is 0 Å². The number of alkyl halides is 6. The number of benzene rings is 2. The molecule has 44 heavy (non-hydrogen) atoms. The molecule has 3 aliphatic rings. The van der Waals surface area contributed by atoms with Crippen molar-refractivity contribution in [2.45, 2.75) is 101 Å².